The second-order valence-electron chi connectivity index (χ2n) is 8.99. The number of allylic oxidation sites excluding steroid dienone is 1. The third-order valence-corrected chi connectivity index (χ3v) is 7.26. The van der Waals surface area contributed by atoms with Crippen LogP contribution in [-0.4, -0.2) is 9.55 Å². The van der Waals surface area contributed by atoms with Crippen molar-refractivity contribution in [2.45, 2.75) is 84.0 Å². The molecule has 2 unspecified atom stereocenters. The van der Waals surface area contributed by atoms with Crippen LogP contribution in [0.1, 0.15) is 81.0 Å². The average Bonchev–Trinajstić information content (AvgIpc) is 2.82. The minimum absolute atomic E-state index is 0.849. The number of aryl methyl sites for hydroxylation is 2. The van der Waals surface area contributed by atoms with Gasteiger partial charge in [0.2, 0.25) is 0 Å². The number of aromatic nitrogens is 2. The smallest absolute Gasteiger partial charge is 0.144 e. The molecule has 3 aliphatic rings. The van der Waals surface area contributed by atoms with E-state index >= 15 is 0 Å². The minimum Gasteiger partial charge on any atom is -0.305 e. The fourth-order valence-electron chi connectivity index (χ4n) is 5.99. The highest BCUT2D eigenvalue weighted by Gasteiger charge is 2.31. The molecule has 0 spiro atoms. The van der Waals surface area contributed by atoms with Crippen LogP contribution in [0.2, 0.25) is 0 Å². The highest BCUT2D eigenvalue weighted by molar-refractivity contribution is 5.85. The van der Waals surface area contributed by atoms with Gasteiger partial charge >= 0.3 is 0 Å². The minimum atomic E-state index is 0.849. The van der Waals surface area contributed by atoms with E-state index in [1.165, 1.54) is 93.6 Å². The van der Waals surface area contributed by atoms with E-state index in [0.717, 1.165) is 11.8 Å². The second kappa shape index (κ2) is 6.87. The average molecular weight is 349 g/mol. The van der Waals surface area contributed by atoms with Gasteiger partial charge in [-0.25, -0.2) is 4.98 Å². The van der Waals surface area contributed by atoms with E-state index in [-0.39, 0.29) is 0 Å². The number of fused-ring (bicyclic) bond motifs is 4. The maximum Gasteiger partial charge on any atom is 0.144 e. The topological polar surface area (TPSA) is 17.8 Å². The lowest BCUT2D eigenvalue weighted by Crippen LogP contribution is -2.25. The number of hydrogen-bond donors (Lipinski definition) is 0. The zero-order chi connectivity index (χ0) is 17.5. The Morgan fingerprint density at radius 3 is 2.77 bits per heavy atom. The molecule has 0 aromatic carbocycles. The maximum absolute atomic E-state index is 4.90. The molecule has 138 valence electrons. The van der Waals surface area contributed by atoms with Crippen LogP contribution in [-0.2, 0) is 12.8 Å². The molecule has 0 N–H and O–H groups in total. The quantitative estimate of drug-likeness (QED) is 0.542. The van der Waals surface area contributed by atoms with Gasteiger partial charge in [-0.05, 0) is 93.7 Å². The molecule has 2 aromatic rings. The predicted octanol–water partition coefficient (Wildman–Crippen LogP) is 6.44. The molecular weight excluding hydrogens is 316 g/mol. The second-order valence-corrected chi connectivity index (χ2v) is 8.99. The lowest BCUT2D eigenvalue weighted by atomic mass is 9.68. The molecule has 0 aliphatic heterocycles. The summed E-state index contributed by atoms with van der Waals surface area (Å²) in [6.07, 6.45) is 21.0. The highest BCUT2D eigenvalue weighted by atomic mass is 15.0. The predicted molar refractivity (Wildman–Crippen MR) is 109 cm³/mol. The Balaban J connectivity index is 1.65. The van der Waals surface area contributed by atoms with Gasteiger partial charge in [0.05, 0.1) is 0 Å². The Bertz CT molecular complexity index is 840. The lowest BCUT2D eigenvalue weighted by molar-refractivity contribution is 0.224. The van der Waals surface area contributed by atoms with E-state index in [0.29, 0.717) is 0 Å². The van der Waals surface area contributed by atoms with E-state index in [1.54, 1.807) is 16.8 Å². The fraction of sp³-hybridized carbons (Fsp3) is 0.625. The first-order valence-corrected chi connectivity index (χ1v) is 11.0. The zero-order valence-corrected chi connectivity index (χ0v) is 16.3. The highest BCUT2D eigenvalue weighted by Crippen LogP contribution is 2.44. The Morgan fingerprint density at radius 2 is 1.81 bits per heavy atom. The molecule has 26 heavy (non-hydrogen) atoms. The van der Waals surface area contributed by atoms with Gasteiger partial charge in [0.15, 0.2) is 0 Å². The number of nitrogens with zero attached hydrogens (tertiary/aromatic N) is 2. The van der Waals surface area contributed by atoms with Gasteiger partial charge in [-0.3, -0.25) is 0 Å². The largest absolute Gasteiger partial charge is 0.305 e. The summed E-state index contributed by atoms with van der Waals surface area (Å²) in [6, 6.07) is 2.38. The fourth-order valence-corrected chi connectivity index (χ4v) is 5.99. The molecule has 2 fully saturated rings. The molecule has 0 bridgehead atoms. The summed E-state index contributed by atoms with van der Waals surface area (Å²) in [6.45, 7) is 2.18. The van der Waals surface area contributed by atoms with Crippen LogP contribution >= 0.6 is 0 Å². The van der Waals surface area contributed by atoms with Gasteiger partial charge in [-0.1, -0.05) is 24.8 Å². The molecule has 2 heteroatoms. The SMILES string of the molecule is Cc1cnc2c(c1)c1c(n2/C=C2\CCCC3CCCCC23)CCCCC1. The molecule has 0 saturated heterocycles. The number of pyridine rings is 1. The molecule has 0 amide bonds. The van der Waals surface area contributed by atoms with Crippen molar-refractivity contribution in [3.8, 4) is 0 Å². The third kappa shape index (κ3) is 2.82. The van der Waals surface area contributed by atoms with Crippen LogP contribution in [0.25, 0.3) is 17.2 Å². The van der Waals surface area contributed by atoms with Gasteiger partial charge < -0.3 is 4.57 Å². The standard InChI is InChI=1S/C24H32N2/c1-17-14-22-21-12-3-2-4-13-23(21)26(24(22)25-15-17)16-19-10-7-9-18-8-5-6-11-20(18)19/h14-16,18,20H,2-13H2,1H3/b19-16+. The van der Waals surface area contributed by atoms with Crippen LogP contribution in [0.4, 0.5) is 0 Å². The van der Waals surface area contributed by atoms with Crippen molar-refractivity contribution in [2.24, 2.45) is 11.8 Å². The zero-order valence-electron chi connectivity index (χ0n) is 16.3. The summed E-state index contributed by atoms with van der Waals surface area (Å²) >= 11 is 0. The van der Waals surface area contributed by atoms with Gasteiger partial charge in [-0.15, -0.1) is 0 Å². The normalized spacial score (nSPS) is 28.0. The van der Waals surface area contributed by atoms with Crippen molar-refractivity contribution < 1.29 is 0 Å². The summed E-state index contributed by atoms with van der Waals surface area (Å²) in [7, 11) is 0. The monoisotopic (exact) mass is 348 g/mol. The van der Waals surface area contributed by atoms with Gasteiger partial charge in [0.25, 0.3) is 0 Å². The summed E-state index contributed by atoms with van der Waals surface area (Å²) in [5.74, 6) is 1.81. The lowest BCUT2D eigenvalue weighted by Gasteiger charge is -2.37. The Kier molecular flexibility index (Phi) is 4.38. The number of rotatable bonds is 1. The van der Waals surface area contributed by atoms with Crippen molar-refractivity contribution in [2.75, 3.05) is 0 Å². The van der Waals surface area contributed by atoms with E-state index in [2.05, 4.69) is 30.0 Å². The molecule has 2 nitrogen and oxygen atoms in total. The van der Waals surface area contributed by atoms with Crippen LogP contribution in [0.15, 0.2) is 17.8 Å². The molecule has 2 saturated carbocycles. The Hall–Kier alpha value is -1.57. The summed E-state index contributed by atoms with van der Waals surface area (Å²) in [5.41, 5.74) is 7.40. The molecule has 2 heterocycles. The Morgan fingerprint density at radius 1 is 0.962 bits per heavy atom. The van der Waals surface area contributed by atoms with Gasteiger partial charge in [-0.2, -0.15) is 0 Å². The van der Waals surface area contributed by atoms with Gasteiger partial charge in [0.1, 0.15) is 5.65 Å². The summed E-state index contributed by atoms with van der Waals surface area (Å²) < 4.78 is 2.53. The van der Waals surface area contributed by atoms with Crippen molar-refractivity contribution in [3.05, 3.63) is 34.7 Å². The molecule has 3 aliphatic carbocycles. The van der Waals surface area contributed by atoms with E-state index in [9.17, 15) is 0 Å². The van der Waals surface area contributed by atoms with Crippen LogP contribution in [0, 0.1) is 18.8 Å². The first-order valence-electron chi connectivity index (χ1n) is 11.0. The van der Waals surface area contributed by atoms with E-state index < -0.39 is 0 Å². The van der Waals surface area contributed by atoms with E-state index in [4.69, 9.17) is 4.98 Å². The van der Waals surface area contributed by atoms with Crippen molar-refractivity contribution in [3.63, 3.8) is 0 Å². The van der Waals surface area contributed by atoms with Crippen LogP contribution < -0.4 is 0 Å². The maximum atomic E-state index is 4.90. The first-order chi connectivity index (χ1) is 12.8. The summed E-state index contributed by atoms with van der Waals surface area (Å²) in [5, 5.41) is 1.43. The number of hydrogen-bond acceptors (Lipinski definition) is 1. The molecule has 5 rings (SSSR count). The first kappa shape index (κ1) is 16.6. The van der Waals surface area contributed by atoms with Crippen molar-refractivity contribution in [1.29, 1.82) is 0 Å². The van der Waals surface area contributed by atoms with Crippen molar-refractivity contribution in [1.82, 2.24) is 9.55 Å². The molecular formula is C24H32N2. The Labute approximate surface area is 157 Å². The summed E-state index contributed by atoms with van der Waals surface area (Å²) in [4.78, 5) is 4.90. The molecule has 2 aromatic heterocycles. The molecule has 2 atom stereocenters. The van der Waals surface area contributed by atoms with E-state index in [1.807, 2.05) is 0 Å². The van der Waals surface area contributed by atoms with Crippen LogP contribution in [0.5, 0.6) is 0 Å². The van der Waals surface area contributed by atoms with Gasteiger partial charge in [0, 0.05) is 23.5 Å². The molecule has 0 radical (unpaired) electrons. The van der Waals surface area contributed by atoms with Crippen LogP contribution in [0.3, 0.4) is 0 Å². The third-order valence-electron chi connectivity index (χ3n) is 7.26. The van der Waals surface area contributed by atoms with Crippen molar-refractivity contribution >= 4 is 17.2 Å².